The highest BCUT2D eigenvalue weighted by atomic mass is 35.5. The van der Waals surface area contributed by atoms with Gasteiger partial charge in [-0.2, -0.15) is 0 Å². The van der Waals surface area contributed by atoms with Crippen LogP contribution < -0.4 is 0 Å². The summed E-state index contributed by atoms with van der Waals surface area (Å²) in [6, 6.07) is 18.8. The van der Waals surface area contributed by atoms with Gasteiger partial charge < -0.3 is 0 Å². The van der Waals surface area contributed by atoms with Crippen molar-refractivity contribution in [2.24, 2.45) is 5.92 Å². The number of rotatable bonds is 5. The fraction of sp³-hybridized carbons (Fsp3) is 0.348. The van der Waals surface area contributed by atoms with E-state index in [1.807, 2.05) is 12.1 Å². The summed E-state index contributed by atoms with van der Waals surface area (Å²) in [6.07, 6.45) is 2.15. The number of carbonyl (C=O) groups is 1. The summed E-state index contributed by atoms with van der Waals surface area (Å²) in [7, 11) is 0. The van der Waals surface area contributed by atoms with E-state index < -0.39 is 0 Å². The van der Waals surface area contributed by atoms with Crippen LogP contribution >= 0.6 is 22.9 Å². The quantitative estimate of drug-likeness (QED) is 0.515. The maximum atomic E-state index is 12.5. The van der Waals surface area contributed by atoms with Crippen LogP contribution in [0.3, 0.4) is 0 Å². The molecule has 4 heteroatoms. The van der Waals surface area contributed by atoms with E-state index in [0.29, 0.717) is 5.92 Å². The second-order valence-electron chi connectivity index (χ2n) is 7.52. The van der Waals surface area contributed by atoms with Crippen LogP contribution in [0.4, 0.5) is 0 Å². The Hall–Kier alpha value is -1.68. The molecule has 2 nitrogen and oxygen atoms in total. The molecule has 4 rings (SSSR count). The molecule has 2 aromatic carbocycles. The Bertz CT molecular complexity index is 928. The lowest BCUT2D eigenvalue weighted by atomic mass is 9.81. The summed E-state index contributed by atoms with van der Waals surface area (Å²) >= 11 is 7.88. The van der Waals surface area contributed by atoms with Crippen LogP contribution in [0.5, 0.6) is 0 Å². The minimum atomic E-state index is 0.0139. The zero-order valence-electron chi connectivity index (χ0n) is 15.5. The van der Waals surface area contributed by atoms with Crippen LogP contribution in [-0.4, -0.2) is 23.8 Å². The average molecular weight is 398 g/mol. The number of ketones is 1. The van der Waals surface area contributed by atoms with Crippen molar-refractivity contribution in [3.05, 3.63) is 70.1 Å². The van der Waals surface area contributed by atoms with E-state index in [1.54, 1.807) is 18.3 Å². The number of hydrogen-bond acceptors (Lipinski definition) is 3. The highest BCUT2D eigenvalue weighted by molar-refractivity contribution is 7.19. The Morgan fingerprint density at radius 3 is 2.59 bits per heavy atom. The number of Topliss-reactive ketones (excluding diaryl/α,β-unsaturated/α-hetero) is 1. The number of thiophene rings is 1. The van der Waals surface area contributed by atoms with Gasteiger partial charge in [0.25, 0.3) is 0 Å². The third kappa shape index (κ3) is 4.26. The smallest absolute Gasteiger partial charge is 0.138 e. The van der Waals surface area contributed by atoms with Gasteiger partial charge in [-0.05, 0) is 74.0 Å². The SMILES string of the molecule is CC(=O)C(c1cc2cc(Cl)ccc2s1)C1CCN(Cc2ccccc2)CC1. The minimum absolute atomic E-state index is 0.0139. The maximum Gasteiger partial charge on any atom is 0.138 e. The summed E-state index contributed by atoms with van der Waals surface area (Å²) in [5.74, 6) is 0.729. The maximum absolute atomic E-state index is 12.5. The molecule has 1 unspecified atom stereocenters. The predicted octanol–water partition coefficient (Wildman–Crippen LogP) is 6.14. The molecule has 0 N–H and O–H groups in total. The zero-order chi connectivity index (χ0) is 18.8. The normalized spacial score (nSPS) is 17.3. The Kier molecular flexibility index (Phi) is 5.63. The molecule has 1 saturated heterocycles. The van der Waals surface area contributed by atoms with Crippen molar-refractivity contribution in [1.29, 1.82) is 0 Å². The number of fused-ring (bicyclic) bond motifs is 1. The largest absolute Gasteiger partial charge is 0.299 e. The van der Waals surface area contributed by atoms with Crippen molar-refractivity contribution in [3.63, 3.8) is 0 Å². The van der Waals surface area contributed by atoms with Gasteiger partial charge in [0.2, 0.25) is 0 Å². The lowest BCUT2D eigenvalue weighted by Crippen LogP contribution is -2.36. The van der Waals surface area contributed by atoms with E-state index in [0.717, 1.165) is 42.9 Å². The van der Waals surface area contributed by atoms with Gasteiger partial charge in [0, 0.05) is 21.1 Å². The lowest BCUT2D eigenvalue weighted by molar-refractivity contribution is -0.119. The summed E-state index contributed by atoms with van der Waals surface area (Å²) in [6.45, 7) is 4.86. The van der Waals surface area contributed by atoms with Gasteiger partial charge >= 0.3 is 0 Å². The number of carbonyl (C=O) groups excluding carboxylic acids is 1. The van der Waals surface area contributed by atoms with Crippen molar-refractivity contribution in [3.8, 4) is 0 Å². The van der Waals surface area contributed by atoms with Gasteiger partial charge in [0.05, 0.1) is 5.92 Å². The molecule has 1 aliphatic heterocycles. The highest BCUT2D eigenvalue weighted by Gasteiger charge is 2.31. The number of nitrogens with zero attached hydrogens (tertiary/aromatic N) is 1. The Morgan fingerprint density at radius 1 is 1.15 bits per heavy atom. The first-order valence-electron chi connectivity index (χ1n) is 9.56. The van der Waals surface area contributed by atoms with Crippen LogP contribution in [-0.2, 0) is 11.3 Å². The molecule has 0 saturated carbocycles. The zero-order valence-corrected chi connectivity index (χ0v) is 17.1. The molecule has 1 aromatic heterocycles. The van der Waals surface area contributed by atoms with E-state index in [-0.39, 0.29) is 11.7 Å². The van der Waals surface area contributed by atoms with Gasteiger partial charge in [-0.15, -0.1) is 11.3 Å². The Labute approximate surface area is 169 Å². The number of halogens is 1. The molecule has 0 bridgehead atoms. The number of piperidine rings is 1. The third-order valence-electron chi connectivity index (χ3n) is 5.59. The molecule has 1 atom stereocenters. The molecule has 0 amide bonds. The molecule has 1 aliphatic rings. The molecule has 0 radical (unpaired) electrons. The van der Waals surface area contributed by atoms with Crippen LogP contribution in [0.25, 0.3) is 10.1 Å². The fourth-order valence-corrected chi connectivity index (χ4v) is 5.72. The number of hydrogen-bond donors (Lipinski definition) is 0. The Morgan fingerprint density at radius 2 is 1.89 bits per heavy atom. The van der Waals surface area contributed by atoms with Crippen LogP contribution in [0.1, 0.15) is 36.1 Å². The van der Waals surface area contributed by atoms with Gasteiger partial charge in [0.15, 0.2) is 0 Å². The first kappa shape index (κ1) is 18.7. The molecular formula is C23H24ClNOS. The van der Waals surface area contributed by atoms with E-state index in [4.69, 9.17) is 11.6 Å². The molecule has 0 aliphatic carbocycles. The molecule has 2 heterocycles. The van der Waals surface area contributed by atoms with Crippen molar-refractivity contribution >= 4 is 38.8 Å². The summed E-state index contributed by atoms with van der Waals surface area (Å²) in [5, 5.41) is 1.90. The molecule has 0 spiro atoms. The molecule has 1 fully saturated rings. The molecule has 27 heavy (non-hydrogen) atoms. The summed E-state index contributed by atoms with van der Waals surface area (Å²) in [5.41, 5.74) is 1.36. The first-order chi connectivity index (χ1) is 13.1. The molecule has 140 valence electrons. The van der Waals surface area contributed by atoms with Gasteiger partial charge in [-0.25, -0.2) is 0 Å². The second kappa shape index (κ2) is 8.14. The van der Waals surface area contributed by atoms with Crippen LogP contribution in [0.2, 0.25) is 5.02 Å². The summed E-state index contributed by atoms with van der Waals surface area (Å²) in [4.78, 5) is 16.2. The van der Waals surface area contributed by atoms with Crippen molar-refractivity contribution < 1.29 is 4.79 Å². The van der Waals surface area contributed by atoms with E-state index >= 15 is 0 Å². The van der Waals surface area contributed by atoms with Crippen molar-refractivity contribution in [1.82, 2.24) is 4.90 Å². The van der Waals surface area contributed by atoms with Crippen LogP contribution in [0, 0.1) is 5.92 Å². The topological polar surface area (TPSA) is 20.3 Å². The number of likely N-dealkylation sites (tertiary alicyclic amines) is 1. The second-order valence-corrected chi connectivity index (χ2v) is 9.07. The molecular weight excluding hydrogens is 374 g/mol. The van der Waals surface area contributed by atoms with E-state index in [9.17, 15) is 4.79 Å². The average Bonchev–Trinajstić information content (AvgIpc) is 3.06. The monoisotopic (exact) mass is 397 g/mol. The third-order valence-corrected chi connectivity index (χ3v) is 7.03. The molecule has 3 aromatic rings. The minimum Gasteiger partial charge on any atom is -0.299 e. The highest BCUT2D eigenvalue weighted by Crippen LogP contribution is 2.40. The Balaban J connectivity index is 1.47. The fourth-order valence-electron chi connectivity index (χ4n) is 4.24. The van der Waals surface area contributed by atoms with E-state index in [2.05, 4.69) is 47.4 Å². The standard InChI is InChI=1S/C23H24ClNOS/c1-16(26)23(22-14-19-13-20(24)7-8-21(19)27-22)18-9-11-25(12-10-18)15-17-5-3-2-4-6-17/h2-8,13-14,18,23H,9-12,15H2,1H3. The first-order valence-corrected chi connectivity index (χ1v) is 10.8. The van der Waals surface area contributed by atoms with Gasteiger partial charge in [0.1, 0.15) is 5.78 Å². The summed E-state index contributed by atoms with van der Waals surface area (Å²) < 4.78 is 1.21. The van der Waals surface area contributed by atoms with Crippen LogP contribution in [0.15, 0.2) is 54.6 Å². The predicted molar refractivity (Wildman–Crippen MR) is 115 cm³/mol. The van der Waals surface area contributed by atoms with Crippen molar-refractivity contribution in [2.45, 2.75) is 32.2 Å². The van der Waals surface area contributed by atoms with Crippen molar-refractivity contribution in [2.75, 3.05) is 13.1 Å². The van der Waals surface area contributed by atoms with E-state index in [1.165, 1.54) is 15.1 Å². The van der Waals surface area contributed by atoms with Gasteiger partial charge in [-0.1, -0.05) is 41.9 Å². The lowest BCUT2D eigenvalue weighted by Gasteiger charge is -2.35. The van der Waals surface area contributed by atoms with Gasteiger partial charge in [-0.3, -0.25) is 9.69 Å². The number of benzene rings is 2.